The van der Waals surface area contributed by atoms with Gasteiger partial charge in [0.2, 0.25) is 0 Å². The van der Waals surface area contributed by atoms with Crippen LogP contribution >= 0.6 is 23.2 Å². The van der Waals surface area contributed by atoms with Gasteiger partial charge in [-0.2, -0.15) is 0 Å². The molecular weight excluding hydrogens is 291 g/mol. The summed E-state index contributed by atoms with van der Waals surface area (Å²) in [4.78, 5) is 11.5. The summed E-state index contributed by atoms with van der Waals surface area (Å²) >= 11 is 12.2. The lowest BCUT2D eigenvalue weighted by Crippen LogP contribution is -1.93. The molecular formula is C17H12Cl2O. The number of allylic oxidation sites excluding steroid dienone is 1. The first-order chi connectivity index (χ1) is 9.61. The van der Waals surface area contributed by atoms with E-state index < -0.39 is 0 Å². The van der Waals surface area contributed by atoms with Gasteiger partial charge < -0.3 is 0 Å². The molecule has 0 fully saturated rings. The summed E-state index contributed by atoms with van der Waals surface area (Å²) in [6.07, 6.45) is 5.02. The van der Waals surface area contributed by atoms with Crippen LogP contribution in [0.1, 0.15) is 21.5 Å². The fourth-order valence-electron chi connectivity index (χ4n) is 1.72. The highest BCUT2D eigenvalue weighted by atomic mass is 35.5. The maximum Gasteiger partial charge on any atom is 0.185 e. The largest absolute Gasteiger partial charge is 0.289 e. The van der Waals surface area contributed by atoms with Gasteiger partial charge in [0.05, 0.1) is 0 Å². The third-order valence-electron chi connectivity index (χ3n) is 2.82. The lowest BCUT2D eigenvalue weighted by molar-refractivity contribution is 0.104. The summed E-state index contributed by atoms with van der Waals surface area (Å²) in [5.74, 6) is -0.145. The number of carbonyl (C=O) groups excluding carboxylic acids is 1. The van der Waals surface area contributed by atoms with Crippen molar-refractivity contribution >= 4 is 41.1 Å². The van der Waals surface area contributed by atoms with Gasteiger partial charge in [-0.05, 0) is 29.3 Å². The predicted molar refractivity (Wildman–Crippen MR) is 86.4 cm³/mol. The molecule has 0 amide bonds. The number of halogens is 2. The van der Waals surface area contributed by atoms with Gasteiger partial charge in [0, 0.05) is 15.6 Å². The Hall–Kier alpha value is -1.83. The Kier molecular flexibility index (Phi) is 4.78. The molecule has 0 saturated carbocycles. The van der Waals surface area contributed by atoms with Crippen molar-refractivity contribution in [3.8, 4) is 0 Å². The third-order valence-corrected chi connectivity index (χ3v) is 3.49. The molecule has 0 aliphatic rings. The van der Waals surface area contributed by atoms with Crippen molar-refractivity contribution in [3.05, 3.63) is 81.9 Å². The average molecular weight is 303 g/mol. The maximum absolute atomic E-state index is 11.5. The Morgan fingerprint density at radius 1 is 0.950 bits per heavy atom. The SMILES string of the molecule is C=CC(=O)c1ccc(/C=C/c2ccccc2Cl)c(Cl)c1. The van der Waals surface area contributed by atoms with E-state index in [-0.39, 0.29) is 5.78 Å². The van der Waals surface area contributed by atoms with Gasteiger partial charge >= 0.3 is 0 Å². The van der Waals surface area contributed by atoms with Crippen LogP contribution in [0.15, 0.2) is 55.1 Å². The molecule has 2 rings (SSSR count). The summed E-state index contributed by atoms with van der Waals surface area (Å²) in [6, 6.07) is 12.7. The quantitative estimate of drug-likeness (QED) is 0.412. The number of ketones is 1. The number of hydrogen-bond donors (Lipinski definition) is 0. The van der Waals surface area contributed by atoms with Crippen LogP contribution in [-0.2, 0) is 0 Å². The maximum atomic E-state index is 11.5. The zero-order valence-corrected chi connectivity index (χ0v) is 12.2. The minimum Gasteiger partial charge on any atom is -0.289 e. The van der Waals surface area contributed by atoms with Crippen LogP contribution in [0.2, 0.25) is 10.0 Å². The molecule has 0 saturated heterocycles. The highest BCUT2D eigenvalue weighted by Crippen LogP contribution is 2.23. The summed E-state index contributed by atoms with van der Waals surface area (Å²) in [7, 11) is 0. The van der Waals surface area contributed by atoms with Gasteiger partial charge in [-0.1, -0.05) is 72.3 Å². The Labute approximate surface area is 128 Å². The molecule has 0 radical (unpaired) electrons. The molecule has 0 N–H and O–H groups in total. The summed E-state index contributed by atoms with van der Waals surface area (Å²) in [5.41, 5.74) is 2.27. The lowest BCUT2D eigenvalue weighted by atomic mass is 10.1. The van der Waals surface area contributed by atoms with Gasteiger partial charge in [-0.15, -0.1) is 0 Å². The molecule has 0 aromatic heterocycles. The normalized spacial score (nSPS) is 10.7. The van der Waals surface area contributed by atoms with Crippen LogP contribution in [0.5, 0.6) is 0 Å². The second kappa shape index (κ2) is 6.56. The second-order valence-corrected chi connectivity index (χ2v) is 4.97. The first-order valence-electron chi connectivity index (χ1n) is 6.01. The van der Waals surface area contributed by atoms with E-state index in [1.165, 1.54) is 6.08 Å². The van der Waals surface area contributed by atoms with Gasteiger partial charge in [-0.3, -0.25) is 4.79 Å². The zero-order valence-electron chi connectivity index (χ0n) is 10.6. The molecule has 0 heterocycles. The molecule has 2 aromatic carbocycles. The highest BCUT2D eigenvalue weighted by molar-refractivity contribution is 6.33. The second-order valence-electron chi connectivity index (χ2n) is 4.16. The Balaban J connectivity index is 2.29. The van der Waals surface area contributed by atoms with E-state index >= 15 is 0 Å². The minimum atomic E-state index is -0.145. The number of benzene rings is 2. The molecule has 3 heteroatoms. The van der Waals surface area contributed by atoms with E-state index in [0.717, 1.165) is 11.1 Å². The molecule has 0 aliphatic heterocycles. The van der Waals surface area contributed by atoms with Gasteiger partial charge in [-0.25, -0.2) is 0 Å². The molecule has 0 bridgehead atoms. The van der Waals surface area contributed by atoms with E-state index in [1.807, 2.05) is 36.4 Å². The highest BCUT2D eigenvalue weighted by Gasteiger charge is 2.04. The topological polar surface area (TPSA) is 17.1 Å². The van der Waals surface area contributed by atoms with Crippen molar-refractivity contribution in [2.24, 2.45) is 0 Å². The molecule has 100 valence electrons. The molecule has 0 atom stereocenters. The van der Waals surface area contributed by atoms with Crippen molar-refractivity contribution in [2.75, 3.05) is 0 Å². The molecule has 2 aromatic rings. The van der Waals surface area contributed by atoms with Crippen molar-refractivity contribution < 1.29 is 4.79 Å². The van der Waals surface area contributed by atoms with Gasteiger partial charge in [0.1, 0.15) is 0 Å². The number of carbonyl (C=O) groups is 1. The van der Waals surface area contributed by atoms with E-state index in [0.29, 0.717) is 15.6 Å². The van der Waals surface area contributed by atoms with Gasteiger partial charge in [0.25, 0.3) is 0 Å². The molecule has 0 aliphatic carbocycles. The Bertz CT molecular complexity index is 687. The fraction of sp³-hybridized carbons (Fsp3) is 0. The number of hydrogen-bond acceptors (Lipinski definition) is 1. The van der Waals surface area contributed by atoms with Crippen molar-refractivity contribution in [3.63, 3.8) is 0 Å². The third kappa shape index (κ3) is 3.38. The fourth-order valence-corrected chi connectivity index (χ4v) is 2.17. The van der Waals surface area contributed by atoms with Crippen molar-refractivity contribution in [1.82, 2.24) is 0 Å². The van der Waals surface area contributed by atoms with Crippen LogP contribution in [0.25, 0.3) is 12.2 Å². The lowest BCUT2D eigenvalue weighted by Gasteiger charge is -2.02. The minimum absolute atomic E-state index is 0.145. The number of rotatable bonds is 4. The standard InChI is InChI=1S/C17H12Cl2O/c1-2-17(20)14-10-9-13(16(19)11-14)8-7-12-5-3-4-6-15(12)18/h2-11H,1H2/b8-7+. The zero-order chi connectivity index (χ0) is 14.5. The van der Waals surface area contributed by atoms with E-state index in [4.69, 9.17) is 23.2 Å². The monoisotopic (exact) mass is 302 g/mol. The first-order valence-corrected chi connectivity index (χ1v) is 6.76. The van der Waals surface area contributed by atoms with Crippen molar-refractivity contribution in [1.29, 1.82) is 0 Å². The van der Waals surface area contributed by atoms with Crippen LogP contribution in [-0.4, -0.2) is 5.78 Å². The Morgan fingerprint density at radius 2 is 1.60 bits per heavy atom. The molecule has 1 nitrogen and oxygen atoms in total. The average Bonchev–Trinajstić information content (AvgIpc) is 2.46. The first kappa shape index (κ1) is 14.6. The van der Waals surface area contributed by atoms with Crippen LogP contribution in [0, 0.1) is 0 Å². The summed E-state index contributed by atoms with van der Waals surface area (Å²) in [5, 5.41) is 1.19. The molecule has 0 spiro atoms. The summed E-state index contributed by atoms with van der Waals surface area (Å²) in [6.45, 7) is 3.45. The molecule has 20 heavy (non-hydrogen) atoms. The van der Waals surface area contributed by atoms with Crippen molar-refractivity contribution in [2.45, 2.75) is 0 Å². The van der Waals surface area contributed by atoms with Gasteiger partial charge in [0.15, 0.2) is 5.78 Å². The van der Waals surface area contributed by atoms with E-state index in [1.54, 1.807) is 18.2 Å². The van der Waals surface area contributed by atoms with Crippen LogP contribution < -0.4 is 0 Å². The predicted octanol–water partition coefficient (Wildman–Crippen LogP) is 5.53. The summed E-state index contributed by atoms with van der Waals surface area (Å²) < 4.78 is 0. The van der Waals surface area contributed by atoms with Crippen LogP contribution in [0.3, 0.4) is 0 Å². The molecule has 0 unspecified atom stereocenters. The van der Waals surface area contributed by atoms with E-state index in [9.17, 15) is 4.79 Å². The Morgan fingerprint density at radius 3 is 2.20 bits per heavy atom. The smallest absolute Gasteiger partial charge is 0.185 e. The van der Waals surface area contributed by atoms with Crippen LogP contribution in [0.4, 0.5) is 0 Å². The van der Waals surface area contributed by atoms with E-state index in [2.05, 4.69) is 6.58 Å².